The third-order valence-corrected chi connectivity index (χ3v) is 3.15. The van der Waals surface area contributed by atoms with Crippen LogP contribution >= 0.6 is 0 Å². The van der Waals surface area contributed by atoms with E-state index in [2.05, 4.69) is 29.4 Å². The van der Waals surface area contributed by atoms with Crippen LogP contribution in [0.15, 0.2) is 54.4 Å². The van der Waals surface area contributed by atoms with E-state index >= 15 is 0 Å². The Morgan fingerprint density at radius 2 is 2.12 bits per heavy atom. The molecule has 2 rings (SSSR count). The lowest BCUT2D eigenvalue weighted by Crippen LogP contribution is -2.25. The topological polar surface area (TPSA) is 72.9 Å². The highest BCUT2D eigenvalue weighted by molar-refractivity contribution is 5.79. The Balaban J connectivity index is 0.000000891. The molecule has 0 bridgehead atoms. The Labute approximate surface area is 141 Å². The molecule has 0 spiro atoms. The van der Waals surface area contributed by atoms with E-state index in [1.165, 1.54) is 16.7 Å². The Hall–Kier alpha value is -2.57. The summed E-state index contributed by atoms with van der Waals surface area (Å²) in [5, 5.41) is -0.00540. The predicted octanol–water partition coefficient (Wildman–Crippen LogP) is 2.78. The molecule has 1 aromatic carbocycles. The van der Waals surface area contributed by atoms with E-state index < -0.39 is 11.4 Å². The quantitative estimate of drug-likeness (QED) is 0.502. The number of rotatable bonds is 5. The second-order valence-electron chi connectivity index (χ2n) is 4.87. The van der Waals surface area contributed by atoms with Crippen molar-refractivity contribution in [1.29, 1.82) is 0 Å². The summed E-state index contributed by atoms with van der Waals surface area (Å²) in [5.74, 6) is 4.62. The molecule has 24 heavy (non-hydrogen) atoms. The number of fused-ring (bicyclic) bond motifs is 1. The largest absolute Gasteiger partial charge is 0.272 e. The fraction of sp³-hybridized carbons (Fsp3) is 0.222. The van der Waals surface area contributed by atoms with E-state index in [1.807, 2.05) is 6.92 Å². The minimum absolute atomic E-state index is 0.00540. The standard InChI is InChI=1S/C17H17FN2O.CH6N2/c1-4-8-12(6-3)20-15(9-5-2)19-14-11-7-10-13(18)16(14)17(20)21;1-3-2/h4,6-8,10-11H,1,3,5,9H2,2H3;3H,2H2,1H3/b12-8+;. The van der Waals surface area contributed by atoms with E-state index in [-0.39, 0.29) is 5.39 Å². The number of nitrogens with zero attached hydrogens (tertiary/aromatic N) is 2. The van der Waals surface area contributed by atoms with Crippen molar-refractivity contribution in [3.63, 3.8) is 0 Å². The van der Waals surface area contributed by atoms with Gasteiger partial charge in [0.05, 0.1) is 5.52 Å². The molecule has 2 aromatic rings. The number of nitrogens with two attached hydrogens (primary N) is 1. The van der Waals surface area contributed by atoms with Crippen molar-refractivity contribution in [3.05, 3.63) is 71.6 Å². The van der Waals surface area contributed by atoms with Crippen molar-refractivity contribution in [3.8, 4) is 0 Å². The Kier molecular flexibility index (Phi) is 7.74. The van der Waals surface area contributed by atoms with Gasteiger partial charge in [-0.05, 0) is 37.8 Å². The van der Waals surface area contributed by atoms with Crippen LogP contribution in [0.3, 0.4) is 0 Å². The summed E-state index contributed by atoms with van der Waals surface area (Å²) in [6, 6.07) is 4.46. The summed E-state index contributed by atoms with van der Waals surface area (Å²) in [4.78, 5) is 17.1. The first-order valence-corrected chi connectivity index (χ1v) is 7.58. The molecule has 0 aliphatic carbocycles. The number of hydrogen-bond donors (Lipinski definition) is 2. The molecule has 0 aliphatic heterocycles. The lowest BCUT2D eigenvalue weighted by Gasteiger charge is -2.13. The molecule has 0 atom stereocenters. The molecule has 1 aromatic heterocycles. The van der Waals surface area contributed by atoms with Gasteiger partial charge in [-0.3, -0.25) is 20.6 Å². The summed E-state index contributed by atoms with van der Waals surface area (Å²) in [5.41, 5.74) is 2.74. The molecule has 0 unspecified atom stereocenters. The van der Waals surface area contributed by atoms with Crippen LogP contribution in [0.25, 0.3) is 16.6 Å². The Morgan fingerprint density at radius 3 is 2.67 bits per heavy atom. The molecule has 0 saturated carbocycles. The monoisotopic (exact) mass is 330 g/mol. The van der Waals surface area contributed by atoms with Gasteiger partial charge in [-0.25, -0.2) is 9.37 Å². The lowest BCUT2D eigenvalue weighted by atomic mass is 10.2. The maximum absolute atomic E-state index is 14.0. The SMILES string of the molecule is C=C/C=C(\C=C)n1c(CCC)nc2cccc(F)c2c1=O.CNN. The van der Waals surface area contributed by atoms with Crippen molar-refractivity contribution in [1.82, 2.24) is 15.0 Å². The van der Waals surface area contributed by atoms with Gasteiger partial charge in [-0.1, -0.05) is 32.2 Å². The first-order valence-electron chi connectivity index (χ1n) is 7.58. The summed E-state index contributed by atoms with van der Waals surface area (Å²) >= 11 is 0. The average Bonchev–Trinajstić information content (AvgIpc) is 2.54. The van der Waals surface area contributed by atoms with Crippen molar-refractivity contribution in [2.45, 2.75) is 19.8 Å². The smallest absolute Gasteiger partial charge is 0.268 e. The molecule has 0 aliphatic rings. The number of hydrazine groups is 1. The molecule has 0 radical (unpaired) electrons. The normalized spacial score (nSPS) is 10.9. The molecule has 0 saturated heterocycles. The first-order chi connectivity index (χ1) is 11.5. The van der Waals surface area contributed by atoms with Gasteiger partial charge in [0, 0.05) is 12.1 Å². The van der Waals surface area contributed by atoms with Crippen molar-refractivity contribution in [2.24, 2.45) is 5.84 Å². The molecule has 1 heterocycles. The number of halogens is 1. The van der Waals surface area contributed by atoms with Crippen LogP contribution in [-0.4, -0.2) is 16.6 Å². The van der Waals surface area contributed by atoms with Crippen LogP contribution in [0.4, 0.5) is 4.39 Å². The number of nitrogens with one attached hydrogen (secondary N) is 1. The average molecular weight is 330 g/mol. The van der Waals surface area contributed by atoms with E-state index in [9.17, 15) is 9.18 Å². The van der Waals surface area contributed by atoms with Crippen LogP contribution in [0, 0.1) is 5.82 Å². The van der Waals surface area contributed by atoms with Crippen LogP contribution in [0.1, 0.15) is 19.2 Å². The zero-order chi connectivity index (χ0) is 18.1. The summed E-state index contributed by atoms with van der Waals surface area (Å²) in [7, 11) is 1.65. The number of aryl methyl sites for hydroxylation is 1. The van der Waals surface area contributed by atoms with Gasteiger partial charge >= 0.3 is 0 Å². The number of allylic oxidation sites excluding steroid dienone is 4. The van der Waals surface area contributed by atoms with E-state index in [0.717, 1.165) is 6.42 Å². The van der Waals surface area contributed by atoms with Crippen molar-refractivity contribution < 1.29 is 4.39 Å². The van der Waals surface area contributed by atoms with E-state index in [4.69, 9.17) is 0 Å². The highest BCUT2D eigenvalue weighted by Gasteiger charge is 2.14. The summed E-state index contributed by atoms with van der Waals surface area (Å²) < 4.78 is 15.4. The highest BCUT2D eigenvalue weighted by Crippen LogP contribution is 2.16. The number of benzene rings is 1. The van der Waals surface area contributed by atoms with Crippen molar-refractivity contribution >= 4 is 16.6 Å². The molecule has 0 amide bonds. The van der Waals surface area contributed by atoms with Gasteiger partial charge in [-0.15, -0.1) is 0 Å². The Bertz CT molecular complexity index is 809. The maximum atomic E-state index is 14.0. The first kappa shape index (κ1) is 19.5. The minimum atomic E-state index is -0.566. The van der Waals surface area contributed by atoms with Gasteiger partial charge in [0.1, 0.15) is 17.0 Å². The maximum Gasteiger partial charge on any atom is 0.268 e. The zero-order valence-corrected chi connectivity index (χ0v) is 14.1. The predicted molar refractivity (Wildman–Crippen MR) is 97.9 cm³/mol. The van der Waals surface area contributed by atoms with Crippen LogP contribution in [0.5, 0.6) is 0 Å². The Morgan fingerprint density at radius 1 is 1.46 bits per heavy atom. The highest BCUT2D eigenvalue weighted by atomic mass is 19.1. The van der Waals surface area contributed by atoms with Gasteiger partial charge in [0.2, 0.25) is 0 Å². The summed E-state index contributed by atoms with van der Waals surface area (Å²) in [6.07, 6.45) is 6.19. The van der Waals surface area contributed by atoms with Gasteiger partial charge < -0.3 is 0 Å². The summed E-state index contributed by atoms with van der Waals surface area (Å²) in [6.45, 7) is 9.33. The second-order valence-corrected chi connectivity index (χ2v) is 4.87. The lowest BCUT2D eigenvalue weighted by molar-refractivity contribution is 0.636. The van der Waals surface area contributed by atoms with Crippen molar-refractivity contribution in [2.75, 3.05) is 7.05 Å². The second kappa shape index (κ2) is 9.54. The fourth-order valence-corrected chi connectivity index (χ4v) is 2.25. The van der Waals surface area contributed by atoms with Gasteiger partial charge in [0.15, 0.2) is 0 Å². The third kappa shape index (κ3) is 4.24. The van der Waals surface area contributed by atoms with Crippen LogP contribution in [-0.2, 0) is 6.42 Å². The minimum Gasteiger partial charge on any atom is -0.272 e. The van der Waals surface area contributed by atoms with Crippen LogP contribution in [0.2, 0.25) is 0 Å². The van der Waals surface area contributed by atoms with Gasteiger partial charge in [-0.2, -0.15) is 0 Å². The molecular formula is C18H23FN4O. The molecule has 3 N–H and O–H groups in total. The fourth-order valence-electron chi connectivity index (χ4n) is 2.25. The molecular weight excluding hydrogens is 307 g/mol. The molecule has 0 fully saturated rings. The van der Waals surface area contributed by atoms with Gasteiger partial charge in [0.25, 0.3) is 5.56 Å². The zero-order valence-electron chi connectivity index (χ0n) is 14.1. The molecule has 128 valence electrons. The third-order valence-electron chi connectivity index (χ3n) is 3.15. The number of aromatic nitrogens is 2. The number of hydrogen-bond acceptors (Lipinski definition) is 4. The molecule has 6 heteroatoms. The van der Waals surface area contributed by atoms with E-state index in [0.29, 0.717) is 23.5 Å². The molecule has 5 nitrogen and oxygen atoms in total. The van der Waals surface area contributed by atoms with E-state index in [1.54, 1.807) is 31.3 Å². The van der Waals surface area contributed by atoms with Crippen LogP contribution < -0.4 is 16.8 Å².